The normalized spacial score (nSPS) is 16.1. The molecule has 1 saturated carbocycles. The Morgan fingerprint density at radius 3 is 2.65 bits per heavy atom. The summed E-state index contributed by atoms with van der Waals surface area (Å²) in [5, 5.41) is -0.283. The second-order valence-electron chi connectivity index (χ2n) is 4.20. The molecule has 0 radical (unpaired) electrons. The van der Waals surface area contributed by atoms with Crippen molar-refractivity contribution in [3.05, 3.63) is 35.1 Å². The molecule has 3 N–H and O–H groups in total. The molecule has 94 valence electrons. The van der Waals surface area contributed by atoms with E-state index >= 15 is 0 Å². The van der Waals surface area contributed by atoms with Crippen LogP contribution in [0.15, 0.2) is 18.2 Å². The molecule has 0 heterocycles. The van der Waals surface area contributed by atoms with Crippen LogP contribution in [0.4, 0.5) is 4.39 Å². The third-order valence-electron chi connectivity index (χ3n) is 2.78. The van der Waals surface area contributed by atoms with Crippen LogP contribution >= 0.6 is 0 Å². The van der Waals surface area contributed by atoms with Crippen LogP contribution in [-0.4, -0.2) is 13.7 Å². The molecule has 0 unspecified atom stereocenters. The molecule has 1 aromatic carbocycles. The van der Waals surface area contributed by atoms with Gasteiger partial charge in [-0.1, -0.05) is 12.1 Å². The Labute approximate surface area is 100 Å². The average molecular weight is 258 g/mol. The standard InChI is InChI=1S/C11H15FN2O2S/c12-11-5-8(6-13)1-2-9(11)7-14-17(15,16)10-3-4-10/h1-2,5,10,14H,3-4,6-7,13H2. The van der Waals surface area contributed by atoms with E-state index in [1.54, 1.807) is 12.1 Å². The summed E-state index contributed by atoms with van der Waals surface area (Å²) in [6.45, 7) is 0.264. The Bertz CT molecular complexity index is 512. The van der Waals surface area contributed by atoms with Gasteiger partial charge < -0.3 is 5.73 Å². The van der Waals surface area contributed by atoms with Gasteiger partial charge in [0.25, 0.3) is 0 Å². The van der Waals surface area contributed by atoms with Gasteiger partial charge in [-0.2, -0.15) is 0 Å². The highest BCUT2D eigenvalue weighted by molar-refractivity contribution is 7.90. The number of sulfonamides is 1. The largest absolute Gasteiger partial charge is 0.326 e. The predicted molar refractivity (Wildman–Crippen MR) is 63.1 cm³/mol. The maximum atomic E-state index is 13.5. The van der Waals surface area contributed by atoms with E-state index in [2.05, 4.69) is 4.72 Å². The van der Waals surface area contributed by atoms with E-state index in [4.69, 9.17) is 5.73 Å². The fourth-order valence-corrected chi connectivity index (χ4v) is 2.88. The van der Waals surface area contributed by atoms with Crippen LogP contribution in [-0.2, 0) is 23.1 Å². The van der Waals surface area contributed by atoms with Gasteiger partial charge in [0.05, 0.1) is 5.25 Å². The van der Waals surface area contributed by atoms with Gasteiger partial charge in [0, 0.05) is 18.7 Å². The monoisotopic (exact) mass is 258 g/mol. The average Bonchev–Trinajstić information content (AvgIpc) is 3.11. The molecule has 0 aromatic heterocycles. The minimum Gasteiger partial charge on any atom is -0.326 e. The minimum atomic E-state index is -3.26. The lowest BCUT2D eigenvalue weighted by Gasteiger charge is -2.07. The first-order valence-corrected chi connectivity index (χ1v) is 7.03. The number of halogens is 1. The molecule has 0 aliphatic heterocycles. The SMILES string of the molecule is NCc1ccc(CNS(=O)(=O)C2CC2)c(F)c1. The van der Waals surface area contributed by atoms with Crippen molar-refractivity contribution < 1.29 is 12.8 Å². The summed E-state index contributed by atoms with van der Waals surface area (Å²) in [5.41, 5.74) is 6.41. The van der Waals surface area contributed by atoms with Gasteiger partial charge in [0.2, 0.25) is 10.0 Å². The van der Waals surface area contributed by atoms with Crippen LogP contribution in [0.5, 0.6) is 0 Å². The van der Waals surface area contributed by atoms with Crippen molar-refractivity contribution in [1.82, 2.24) is 4.72 Å². The summed E-state index contributed by atoms with van der Waals surface area (Å²) in [6, 6.07) is 4.59. The van der Waals surface area contributed by atoms with Crippen molar-refractivity contribution in [2.75, 3.05) is 0 Å². The summed E-state index contributed by atoms with van der Waals surface area (Å²) >= 11 is 0. The van der Waals surface area contributed by atoms with Crippen molar-refractivity contribution in [3.63, 3.8) is 0 Å². The van der Waals surface area contributed by atoms with Gasteiger partial charge in [0.15, 0.2) is 0 Å². The van der Waals surface area contributed by atoms with E-state index in [0.29, 0.717) is 24.0 Å². The first-order valence-electron chi connectivity index (χ1n) is 5.49. The van der Waals surface area contributed by atoms with Crippen LogP contribution in [0.25, 0.3) is 0 Å². The molecular formula is C11H15FN2O2S. The molecule has 0 amide bonds. The number of rotatable bonds is 5. The molecule has 0 saturated heterocycles. The minimum absolute atomic E-state index is 0.00445. The van der Waals surface area contributed by atoms with E-state index in [9.17, 15) is 12.8 Å². The lowest BCUT2D eigenvalue weighted by molar-refractivity contribution is 0.572. The fraction of sp³-hybridized carbons (Fsp3) is 0.455. The lowest BCUT2D eigenvalue weighted by atomic mass is 10.1. The summed E-state index contributed by atoms with van der Waals surface area (Å²) in [6.07, 6.45) is 1.40. The van der Waals surface area contributed by atoms with Crippen molar-refractivity contribution >= 4 is 10.0 Å². The van der Waals surface area contributed by atoms with Crippen molar-refractivity contribution in [1.29, 1.82) is 0 Å². The van der Waals surface area contributed by atoms with Gasteiger partial charge in [0.1, 0.15) is 5.82 Å². The topological polar surface area (TPSA) is 72.2 Å². The molecule has 1 aromatic rings. The van der Waals surface area contributed by atoms with Crippen LogP contribution < -0.4 is 10.5 Å². The van der Waals surface area contributed by atoms with Gasteiger partial charge in [-0.05, 0) is 24.5 Å². The first kappa shape index (κ1) is 12.5. The van der Waals surface area contributed by atoms with Crippen LogP contribution in [0.2, 0.25) is 0 Å². The zero-order valence-corrected chi connectivity index (χ0v) is 10.1. The second-order valence-corrected chi connectivity index (χ2v) is 6.24. The summed E-state index contributed by atoms with van der Waals surface area (Å²) in [7, 11) is -3.26. The third kappa shape index (κ3) is 3.02. The maximum absolute atomic E-state index is 13.5. The predicted octanol–water partition coefficient (Wildman–Crippen LogP) is 0.866. The molecule has 0 atom stereocenters. The van der Waals surface area contributed by atoms with Gasteiger partial charge in [-0.3, -0.25) is 0 Å². The number of hydrogen-bond donors (Lipinski definition) is 2. The molecule has 0 spiro atoms. The summed E-state index contributed by atoms with van der Waals surface area (Å²) in [5.74, 6) is -0.425. The number of nitrogens with two attached hydrogens (primary N) is 1. The van der Waals surface area contributed by atoms with Crippen LogP contribution in [0.1, 0.15) is 24.0 Å². The van der Waals surface area contributed by atoms with Crippen LogP contribution in [0.3, 0.4) is 0 Å². The molecule has 1 fully saturated rings. The Hall–Kier alpha value is -0.980. The Morgan fingerprint density at radius 2 is 2.12 bits per heavy atom. The summed E-state index contributed by atoms with van der Waals surface area (Å²) < 4.78 is 39.0. The molecule has 0 bridgehead atoms. The van der Waals surface area contributed by atoms with Crippen molar-refractivity contribution in [2.45, 2.75) is 31.2 Å². The van der Waals surface area contributed by atoms with E-state index in [-0.39, 0.29) is 18.3 Å². The molecule has 6 heteroatoms. The molecule has 1 aliphatic rings. The highest BCUT2D eigenvalue weighted by Gasteiger charge is 2.35. The maximum Gasteiger partial charge on any atom is 0.214 e. The third-order valence-corrected chi connectivity index (χ3v) is 4.68. The smallest absolute Gasteiger partial charge is 0.214 e. The van der Waals surface area contributed by atoms with E-state index in [0.717, 1.165) is 0 Å². The Balaban J connectivity index is 2.04. The van der Waals surface area contributed by atoms with Gasteiger partial charge >= 0.3 is 0 Å². The molecule has 4 nitrogen and oxygen atoms in total. The van der Waals surface area contributed by atoms with Crippen LogP contribution in [0, 0.1) is 5.82 Å². The van der Waals surface area contributed by atoms with E-state index < -0.39 is 15.8 Å². The quantitative estimate of drug-likeness (QED) is 0.823. The van der Waals surface area contributed by atoms with Crippen molar-refractivity contribution in [2.24, 2.45) is 5.73 Å². The van der Waals surface area contributed by atoms with Gasteiger partial charge in [-0.25, -0.2) is 17.5 Å². The zero-order valence-electron chi connectivity index (χ0n) is 9.32. The first-order chi connectivity index (χ1) is 8.03. The van der Waals surface area contributed by atoms with E-state index in [1.165, 1.54) is 6.07 Å². The zero-order chi connectivity index (χ0) is 12.5. The molecule has 2 rings (SSSR count). The Kier molecular flexibility index (Phi) is 3.46. The molecular weight excluding hydrogens is 243 g/mol. The number of benzene rings is 1. The number of nitrogens with one attached hydrogen (secondary N) is 1. The van der Waals surface area contributed by atoms with E-state index in [1.807, 2.05) is 0 Å². The number of hydrogen-bond acceptors (Lipinski definition) is 3. The Morgan fingerprint density at radius 1 is 1.41 bits per heavy atom. The van der Waals surface area contributed by atoms with Crippen molar-refractivity contribution in [3.8, 4) is 0 Å². The molecule has 17 heavy (non-hydrogen) atoms. The summed E-state index contributed by atoms with van der Waals surface area (Å²) in [4.78, 5) is 0. The highest BCUT2D eigenvalue weighted by atomic mass is 32.2. The second kappa shape index (κ2) is 4.72. The van der Waals surface area contributed by atoms with Gasteiger partial charge in [-0.15, -0.1) is 0 Å². The lowest BCUT2D eigenvalue weighted by Crippen LogP contribution is -2.27. The highest BCUT2D eigenvalue weighted by Crippen LogP contribution is 2.27. The fourth-order valence-electron chi connectivity index (χ4n) is 1.54. The molecule has 1 aliphatic carbocycles.